The normalized spacial score (nSPS) is 15.8. The van der Waals surface area contributed by atoms with Crippen LogP contribution in [-0.4, -0.2) is 11.2 Å². The van der Waals surface area contributed by atoms with E-state index in [1.54, 1.807) is 6.07 Å². The first-order valence-electron chi connectivity index (χ1n) is 4.32. The summed E-state index contributed by atoms with van der Waals surface area (Å²) < 4.78 is 6.38. The predicted molar refractivity (Wildman–Crippen MR) is 54.2 cm³/mol. The maximum absolute atomic E-state index is 9.59. The molecule has 1 aliphatic rings. The van der Waals surface area contributed by atoms with Crippen molar-refractivity contribution in [3.63, 3.8) is 0 Å². The molecule has 1 aliphatic carbocycles. The lowest BCUT2D eigenvalue weighted by molar-refractivity contribution is 0.284. The van der Waals surface area contributed by atoms with Crippen molar-refractivity contribution in [3.05, 3.63) is 22.2 Å². The van der Waals surface area contributed by atoms with Gasteiger partial charge in [0.25, 0.3) is 0 Å². The molecule has 0 unspecified atom stereocenters. The summed E-state index contributed by atoms with van der Waals surface area (Å²) in [5.74, 6) is 0.798. The molecule has 70 valence electrons. The fourth-order valence-electron chi connectivity index (χ4n) is 1.18. The summed E-state index contributed by atoms with van der Waals surface area (Å²) in [6.07, 6.45) is 2.50. The molecule has 0 spiro atoms. The molecule has 1 aromatic carbocycles. The van der Waals surface area contributed by atoms with Gasteiger partial charge in [-0.2, -0.15) is 0 Å². The van der Waals surface area contributed by atoms with Gasteiger partial charge in [0.1, 0.15) is 0 Å². The van der Waals surface area contributed by atoms with Crippen LogP contribution in [0.5, 0.6) is 11.5 Å². The van der Waals surface area contributed by atoms with Crippen molar-refractivity contribution in [2.45, 2.75) is 25.9 Å². The summed E-state index contributed by atoms with van der Waals surface area (Å²) in [5.41, 5.74) is 1.02. The number of hydrogen-bond acceptors (Lipinski definition) is 2. The van der Waals surface area contributed by atoms with Crippen molar-refractivity contribution >= 4 is 15.9 Å². The Labute approximate surface area is 85.7 Å². The number of ether oxygens (including phenoxy) is 1. The van der Waals surface area contributed by atoms with Crippen LogP contribution >= 0.6 is 15.9 Å². The lowest BCUT2D eigenvalue weighted by atomic mass is 10.2. The molecule has 2 rings (SSSR count). The van der Waals surface area contributed by atoms with Crippen LogP contribution in [0.15, 0.2) is 16.6 Å². The first kappa shape index (κ1) is 8.88. The van der Waals surface area contributed by atoms with E-state index in [0.29, 0.717) is 11.9 Å². The summed E-state index contributed by atoms with van der Waals surface area (Å²) in [4.78, 5) is 0. The SMILES string of the molecule is Cc1cc(O)c(OC2CC2)c(Br)c1. The van der Waals surface area contributed by atoms with Crippen molar-refractivity contribution < 1.29 is 9.84 Å². The molecule has 0 aliphatic heterocycles. The van der Waals surface area contributed by atoms with Crippen LogP contribution in [0.1, 0.15) is 18.4 Å². The molecule has 2 nitrogen and oxygen atoms in total. The van der Waals surface area contributed by atoms with Gasteiger partial charge in [-0.25, -0.2) is 0 Å². The molecule has 1 fully saturated rings. The number of phenolic OH excluding ortho intramolecular Hbond substituents is 1. The molecule has 0 amide bonds. The average Bonchev–Trinajstić information content (AvgIpc) is 2.79. The Bertz CT molecular complexity index is 309. The largest absolute Gasteiger partial charge is 0.504 e. The maximum atomic E-state index is 9.59. The number of phenols is 1. The van der Waals surface area contributed by atoms with E-state index in [9.17, 15) is 5.11 Å². The highest BCUT2D eigenvalue weighted by atomic mass is 79.9. The number of rotatable bonds is 2. The summed E-state index contributed by atoms with van der Waals surface area (Å²) >= 11 is 3.37. The van der Waals surface area contributed by atoms with Crippen molar-refractivity contribution in [1.29, 1.82) is 0 Å². The third-order valence-electron chi connectivity index (χ3n) is 1.98. The average molecular weight is 243 g/mol. The predicted octanol–water partition coefficient (Wildman–Crippen LogP) is 3.00. The topological polar surface area (TPSA) is 29.5 Å². The lowest BCUT2D eigenvalue weighted by Crippen LogP contribution is -1.97. The van der Waals surface area contributed by atoms with Crippen molar-refractivity contribution in [3.8, 4) is 11.5 Å². The van der Waals surface area contributed by atoms with Crippen LogP contribution in [0.4, 0.5) is 0 Å². The monoisotopic (exact) mass is 242 g/mol. The van der Waals surface area contributed by atoms with Gasteiger partial charge in [0.2, 0.25) is 0 Å². The molecule has 0 bridgehead atoms. The van der Waals surface area contributed by atoms with Gasteiger partial charge >= 0.3 is 0 Å². The van der Waals surface area contributed by atoms with Crippen LogP contribution in [0.3, 0.4) is 0 Å². The Morgan fingerprint density at radius 1 is 1.46 bits per heavy atom. The Hall–Kier alpha value is -0.700. The zero-order chi connectivity index (χ0) is 9.42. The molecule has 13 heavy (non-hydrogen) atoms. The quantitative estimate of drug-likeness (QED) is 0.865. The van der Waals surface area contributed by atoms with E-state index >= 15 is 0 Å². The van der Waals surface area contributed by atoms with Crippen LogP contribution in [0.25, 0.3) is 0 Å². The zero-order valence-corrected chi connectivity index (χ0v) is 8.97. The van der Waals surface area contributed by atoms with Crippen LogP contribution in [0.2, 0.25) is 0 Å². The van der Waals surface area contributed by atoms with Gasteiger partial charge < -0.3 is 9.84 Å². The van der Waals surface area contributed by atoms with E-state index in [2.05, 4.69) is 15.9 Å². The van der Waals surface area contributed by atoms with Gasteiger partial charge in [-0.05, 0) is 53.4 Å². The third kappa shape index (κ3) is 1.97. The minimum Gasteiger partial charge on any atom is -0.504 e. The molecule has 1 aromatic rings. The van der Waals surface area contributed by atoms with E-state index < -0.39 is 0 Å². The van der Waals surface area contributed by atoms with Crippen LogP contribution < -0.4 is 4.74 Å². The second-order valence-corrected chi connectivity index (χ2v) is 4.27. The maximum Gasteiger partial charge on any atom is 0.175 e. The molecule has 0 radical (unpaired) electrons. The van der Waals surface area contributed by atoms with Crippen molar-refractivity contribution in [2.75, 3.05) is 0 Å². The molecule has 1 saturated carbocycles. The van der Waals surface area contributed by atoms with Gasteiger partial charge in [-0.3, -0.25) is 0 Å². The molecular weight excluding hydrogens is 232 g/mol. The summed E-state index contributed by atoms with van der Waals surface area (Å²) in [5, 5.41) is 9.59. The zero-order valence-electron chi connectivity index (χ0n) is 7.38. The Morgan fingerprint density at radius 3 is 2.69 bits per heavy atom. The molecule has 0 heterocycles. The molecule has 0 saturated heterocycles. The first-order valence-corrected chi connectivity index (χ1v) is 5.12. The second-order valence-electron chi connectivity index (χ2n) is 3.41. The molecule has 0 atom stereocenters. The van der Waals surface area contributed by atoms with E-state index in [1.165, 1.54) is 0 Å². The summed E-state index contributed by atoms with van der Waals surface area (Å²) in [6.45, 7) is 1.94. The highest BCUT2D eigenvalue weighted by Gasteiger charge is 2.25. The number of halogens is 1. The van der Waals surface area contributed by atoms with Gasteiger partial charge in [-0.15, -0.1) is 0 Å². The van der Waals surface area contributed by atoms with Gasteiger partial charge in [0.15, 0.2) is 11.5 Å². The molecule has 3 heteroatoms. The van der Waals surface area contributed by atoms with Gasteiger partial charge in [0.05, 0.1) is 10.6 Å². The summed E-state index contributed by atoms with van der Waals surface area (Å²) in [6, 6.07) is 3.65. The Morgan fingerprint density at radius 2 is 2.15 bits per heavy atom. The highest BCUT2D eigenvalue weighted by molar-refractivity contribution is 9.10. The number of benzene rings is 1. The minimum atomic E-state index is 0.221. The fourth-order valence-corrected chi connectivity index (χ4v) is 1.84. The van der Waals surface area contributed by atoms with Gasteiger partial charge in [-0.1, -0.05) is 0 Å². The lowest BCUT2D eigenvalue weighted by Gasteiger charge is -2.09. The fraction of sp³-hybridized carbons (Fsp3) is 0.400. The van der Waals surface area contributed by atoms with Crippen molar-refractivity contribution in [1.82, 2.24) is 0 Å². The Balaban J connectivity index is 2.31. The highest BCUT2D eigenvalue weighted by Crippen LogP contribution is 2.39. The molecular formula is C10H11BrO2. The van der Waals surface area contributed by atoms with Crippen LogP contribution in [0, 0.1) is 6.92 Å². The standard InChI is InChI=1S/C10H11BrO2/c1-6-4-8(11)10(9(12)5-6)13-7-2-3-7/h4-5,7,12H,2-3H2,1H3. The van der Waals surface area contributed by atoms with Crippen LogP contribution in [-0.2, 0) is 0 Å². The number of aromatic hydroxyl groups is 1. The third-order valence-corrected chi connectivity index (χ3v) is 2.57. The van der Waals surface area contributed by atoms with E-state index in [1.807, 2.05) is 13.0 Å². The number of aryl methyl sites for hydroxylation is 1. The minimum absolute atomic E-state index is 0.221. The van der Waals surface area contributed by atoms with E-state index in [0.717, 1.165) is 22.9 Å². The van der Waals surface area contributed by atoms with E-state index in [4.69, 9.17) is 4.74 Å². The summed E-state index contributed by atoms with van der Waals surface area (Å²) in [7, 11) is 0. The van der Waals surface area contributed by atoms with E-state index in [-0.39, 0.29) is 5.75 Å². The molecule has 0 aromatic heterocycles. The first-order chi connectivity index (χ1) is 6.16. The number of hydrogen-bond donors (Lipinski definition) is 1. The second kappa shape index (κ2) is 3.22. The molecule has 1 N–H and O–H groups in total. The Kier molecular flexibility index (Phi) is 2.20. The smallest absolute Gasteiger partial charge is 0.175 e. The van der Waals surface area contributed by atoms with Crippen molar-refractivity contribution in [2.24, 2.45) is 0 Å². The van der Waals surface area contributed by atoms with Gasteiger partial charge in [0, 0.05) is 0 Å².